The van der Waals surface area contributed by atoms with Crippen molar-refractivity contribution in [2.24, 2.45) is 0 Å². The van der Waals surface area contributed by atoms with Gasteiger partial charge in [0.15, 0.2) is 21.4 Å². The van der Waals surface area contributed by atoms with Crippen molar-refractivity contribution in [3.05, 3.63) is 23.5 Å². The zero-order valence-electron chi connectivity index (χ0n) is 9.16. The summed E-state index contributed by atoms with van der Waals surface area (Å²) >= 11 is 0. The van der Waals surface area contributed by atoms with Crippen molar-refractivity contribution in [3.63, 3.8) is 0 Å². The van der Waals surface area contributed by atoms with Gasteiger partial charge in [-0.15, -0.1) is 0 Å². The molecular weight excluding hydrogens is 233 g/mol. The molecule has 1 rings (SSSR count). The zero-order chi connectivity index (χ0) is 12.3. The Labute approximate surface area is 94.1 Å². The molecule has 0 heterocycles. The molecule has 0 aromatic heterocycles. The summed E-state index contributed by atoms with van der Waals surface area (Å²) in [4.78, 5) is 0. The molecule has 0 saturated carbocycles. The van der Waals surface area contributed by atoms with Crippen molar-refractivity contribution in [2.75, 3.05) is 24.3 Å². The largest absolute Gasteiger partial charge is 0.489 e. The average molecular weight is 247 g/mol. The Bertz CT molecular complexity index is 485. The fourth-order valence-electron chi connectivity index (χ4n) is 1.08. The number of hydrogen-bond acceptors (Lipinski definition) is 4. The van der Waals surface area contributed by atoms with Gasteiger partial charge in [0.25, 0.3) is 0 Å². The highest BCUT2D eigenvalue weighted by Crippen LogP contribution is 2.23. The number of halogens is 1. The molecule has 0 amide bonds. The minimum atomic E-state index is -3.10. The molecule has 90 valence electrons. The van der Waals surface area contributed by atoms with Crippen molar-refractivity contribution in [3.8, 4) is 5.75 Å². The molecule has 16 heavy (non-hydrogen) atoms. The molecule has 0 aliphatic rings. The van der Waals surface area contributed by atoms with Crippen LogP contribution in [0.1, 0.15) is 5.56 Å². The standard InChI is InChI=1S/C10H14FNO3S/c1-7-5-10(8(11)6-9(7)12)15-3-4-16(2,13)14/h5-6H,3-4,12H2,1-2H3. The lowest BCUT2D eigenvalue weighted by atomic mass is 10.2. The van der Waals surface area contributed by atoms with Crippen LogP contribution in [0, 0.1) is 12.7 Å². The first-order valence-electron chi connectivity index (χ1n) is 4.66. The molecule has 0 aliphatic heterocycles. The van der Waals surface area contributed by atoms with Crippen LogP contribution in [0.15, 0.2) is 12.1 Å². The molecule has 2 N–H and O–H groups in total. The predicted octanol–water partition coefficient (Wildman–Crippen LogP) is 1.14. The number of sulfone groups is 1. The van der Waals surface area contributed by atoms with Gasteiger partial charge < -0.3 is 10.5 Å². The van der Waals surface area contributed by atoms with Gasteiger partial charge >= 0.3 is 0 Å². The molecule has 0 saturated heterocycles. The molecule has 4 nitrogen and oxygen atoms in total. The maximum atomic E-state index is 13.3. The van der Waals surface area contributed by atoms with Gasteiger partial charge in [-0.25, -0.2) is 12.8 Å². The van der Waals surface area contributed by atoms with E-state index in [1.165, 1.54) is 6.07 Å². The van der Waals surface area contributed by atoms with E-state index in [9.17, 15) is 12.8 Å². The SMILES string of the molecule is Cc1cc(OCCS(C)(=O)=O)c(F)cc1N. The van der Waals surface area contributed by atoms with Crippen LogP contribution in [-0.2, 0) is 9.84 Å². The molecule has 0 atom stereocenters. The van der Waals surface area contributed by atoms with Crippen molar-refractivity contribution >= 4 is 15.5 Å². The number of benzene rings is 1. The summed E-state index contributed by atoms with van der Waals surface area (Å²) in [5, 5.41) is 0. The first kappa shape index (κ1) is 12.8. The number of aryl methyl sites for hydroxylation is 1. The first-order valence-corrected chi connectivity index (χ1v) is 6.72. The van der Waals surface area contributed by atoms with Crippen LogP contribution >= 0.6 is 0 Å². The monoisotopic (exact) mass is 247 g/mol. The van der Waals surface area contributed by atoms with Gasteiger partial charge in [-0.05, 0) is 18.6 Å². The molecular formula is C10H14FNO3S. The summed E-state index contributed by atoms with van der Waals surface area (Å²) in [7, 11) is -3.10. The van der Waals surface area contributed by atoms with Crippen molar-refractivity contribution in [2.45, 2.75) is 6.92 Å². The lowest BCUT2D eigenvalue weighted by Crippen LogP contribution is -2.12. The zero-order valence-corrected chi connectivity index (χ0v) is 9.97. The van der Waals surface area contributed by atoms with E-state index in [2.05, 4.69) is 0 Å². The Morgan fingerprint density at radius 1 is 1.44 bits per heavy atom. The van der Waals surface area contributed by atoms with E-state index >= 15 is 0 Å². The summed E-state index contributed by atoms with van der Waals surface area (Å²) in [6.07, 6.45) is 1.10. The average Bonchev–Trinajstić information content (AvgIpc) is 2.11. The second-order valence-corrected chi connectivity index (χ2v) is 5.88. The molecule has 0 aliphatic carbocycles. The Morgan fingerprint density at radius 2 is 2.06 bits per heavy atom. The summed E-state index contributed by atoms with van der Waals surface area (Å²) in [6, 6.07) is 2.61. The van der Waals surface area contributed by atoms with Crippen molar-refractivity contribution in [1.82, 2.24) is 0 Å². The van der Waals surface area contributed by atoms with Gasteiger partial charge in [0.2, 0.25) is 0 Å². The second-order valence-electron chi connectivity index (χ2n) is 3.62. The van der Waals surface area contributed by atoms with E-state index in [0.29, 0.717) is 11.3 Å². The smallest absolute Gasteiger partial charge is 0.167 e. The van der Waals surface area contributed by atoms with Gasteiger partial charge in [-0.1, -0.05) is 0 Å². The maximum Gasteiger partial charge on any atom is 0.167 e. The molecule has 1 aromatic rings. The summed E-state index contributed by atoms with van der Waals surface area (Å²) in [6.45, 7) is 1.65. The van der Waals surface area contributed by atoms with Crippen LogP contribution in [0.5, 0.6) is 5.75 Å². The molecule has 0 radical (unpaired) electrons. The van der Waals surface area contributed by atoms with Crippen LogP contribution in [0.25, 0.3) is 0 Å². The first-order chi connectivity index (χ1) is 7.29. The lowest BCUT2D eigenvalue weighted by molar-refractivity contribution is 0.322. The van der Waals surface area contributed by atoms with E-state index in [4.69, 9.17) is 10.5 Å². The highest BCUT2D eigenvalue weighted by molar-refractivity contribution is 7.90. The maximum absolute atomic E-state index is 13.3. The van der Waals surface area contributed by atoms with Crippen molar-refractivity contribution in [1.29, 1.82) is 0 Å². The minimum Gasteiger partial charge on any atom is -0.489 e. The highest BCUT2D eigenvalue weighted by Gasteiger charge is 2.08. The molecule has 0 unspecified atom stereocenters. The number of rotatable bonds is 4. The van der Waals surface area contributed by atoms with Crippen LogP contribution in [0.2, 0.25) is 0 Å². The molecule has 6 heteroatoms. The van der Waals surface area contributed by atoms with E-state index in [-0.39, 0.29) is 18.1 Å². The molecule has 0 spiro atoms. The second kappa shape index (κ2) is 4.69. The topological polar surface area (TPSA) is 69.4 Å². The summed E-state index contributed by atoms with van der Waals surface area (Å²) in [5.74, 6) is -0.706. The number of nitrogen functional groups attached to an aromatic ring is 1. The molecule has 0 bridgehead atoms. The van der Waals surface area contributed by atoms with Gasteiger partial charge in [0, 0.05) is 18.0 Å². The van der Waals surface area contributed by atoms with E-state index in [1.807, 2.05) is 0 Å². The third-order valence-corrected chi connectivity index (χ3v) is 2.94. The predicted molar refractivity (Wildman–Crippen MR) is 60.8 cm³/mol. The van der Waals surface area contributed by atoms with Gasteiger partial charge in [-0.2, -0.15) is 0 Å². The van der Waals surface area contributed by atoms with Gasteiger partial charge in [0.1, 0.15) is 6.61 Å². The fraction of sp³-hybridized carbons (Fsp3) is 0.400. The number of hydrogen-bond donors (Lipinski definition) is 1. The van der Waals surface area contributed by atoms with Gasteiger partial charge in [0.05, 0.1) is 5.75 Å². The number of anilines is 1. The van der Waals surface area contributed by atoms with E-state index < -0.39 is 15.7 Å². The molecule has 1 aromatic carbocycles. The lowest BCUT2D eigenvalue weighted by Gasteiger charge is -2.08. The normalized spacial score (nSPS) is 11.4. The number of ether oxygens (including phenoxy) is 1. The van der Waals surface area contributed by atoms with Crippen molar-refractivity contribution < 1.29 is 17.5 Å². The van der Waals surface area contributed by atoms with Crippen LogP contribution in [-0.4, -0.2) is 27.0 Å². The fourth-order valence-corrected chi connectivity index (χ4v) is 1.47. The quantitative estimate of drug-likeness (QED) is 0.810. The Kier molecular flexibility index (Phi) is 3.74. The molecule has 0 fully saturated rings. The Hall–Kier alpha value is -1.30. The third-order valence-electron chi connectivity index (χ3n) is 2.03. The highest BCUT2D eigenvalue weighted by atomic mass is 32.2. The Morgan fingerprint density at radius 3 is 2.62 bits per heavy atom. The third kappa shape index (κ3) is 3.69. The van der Waals surface area contributed by atoms with E-state index in [1.54, 1.807) is 6.92 Å². The van der Waals surface area contributed by atoms with Crippen LogP contribution < -0.4 is 10.5 Å². The number of nitrogens with two attached hydrogens (primary N) is 1. The minimum absolute atomic E-state index is 0.0235. The van der Waals surface area contributed by atoms with Crippen LogP contribution in [0.3, 0.4) is 0 Å². The van der Waals surface area contributed by atoms with E-state index in [0.717, 1.165) is 12.3 Å². The Balaban J connectivity index is 2.71. The van der Waals surface area contributed by atoms with Gasteiger partial charge in [-0.3, -0.25) is 0 Å². The summed E-state index contributed by atoms with van der Waals surface area (Å²) < 4.78 is 40.0. The van der Waals surface area contributed by atoms with Crippen LogP contribution in [0.4, 0.5) is 10.1 Å². The summed E-state index contributed by atoms with van der Waals surface area (Å²) in [5.41, 5.74) is 6.53.